The van der Waals surface area contributed by atoms with Crippen molar-refractivity contribution < 1.29 is 13.2 Å². The largest absolute Gasteiger partial charge is 0.300 e. The van der Waals surface area contributed by atoms with Crippen molar-refractivity contribution in [3.8, 4) is 0 Å². The molecular weight excluding hydrogens is 214 g/mol. The molecule has 1 aliphatic carbocycles. The summed E-state index contributed by atoms with van der Waals surface area (Å²) < 4.78 is 22.5. The third-order valence-corrected chi connectivity index (χ3v) is 5.02. The molecule has 2 fully saturated rings. The molecule has 0 aromatic rings. The fourth-order valence-corrected chi connectivity index (χ4v) is 3.61. The van der Waals surface area contributed by atoms with Crippen molar-refractivity contribution in [3.63, 3.8) is 0 Å². The highest BCUT2D eigenvalue weighted by Gasteiger charge is 2.29. The van der Waals surface area contributed by atoms with E-state index in [2.05, 4.69) is 4.90 Å². The summed E-state index contributed by atoms with van der Waals surface area (Å²) in [6, 6.07) is 0.443. The topological polar surface area (TPSA) is 54.5 Å². The lowest BCUT2D eigenvalue weighted by molar-refractivity contribution is -0.121. The molecule has 0 N–H and O–H groups in total. The third-order valence-electron chi connectivity index (χ3n) is 3.41. The van der Waals surface area contributed by atoms with Gasteiger partial charge in [0, 0.05) is 32.0 Å². The predicted molar refractivity (Wildman–Crippen MR) is 57.5 cm³/mol. The van der Waals surface area contributed by atoms with Gasteiger partial charge in [-0.05, 0) is 12.8 Å². The summed E-state index contributed by atoms with van der Waals surface area (Å²) in [5.74, 6) is 0.936. The molecule has 2 aliphatic rings. The third kappa shape index (κ3) is 2.78. The number of ketones is 1. The normalized spacial score (nSPS) is 29.2. The maximum Gasteiger partial charge on any atom is 0.152 e. The Morgan fingerprint density at radius 3 is 2.13 bits per heavy atom. The maximum atomic E-state index is 11.3. The summed E-state index contributed by atoms with van der Waals surface area (Å²) in [4.78, 5) is 13.3. The number of rotatable bonds is 1. The standard InChI is InChI=1S/C10H17NO3S/c12-10-3-1-9(2-4-10)11-5-7-15(13,14)8-6-11/h9H,1-8H2. The zero-order chi connectivity index (χ0) is 10.9. The molecule has 1 aliphatic heterocycles. The van der Waals surface area contributed by atoms with Crippen molar-refractivity contribution in [1.82, 2.24) is 4.90 Å². The summed E-state index contributed by atoms with van der Waals surface area (Å²) in [7, 11) is -2.77. The Bertz CT molecular complexity index is 326. The molecule has 0 atom stereocenters. The molecule has 4 nitrogen and oxygen atoms in total. The molecule has 0 aromatic carbocycles. The molecule has 15 heavy (non-hydrogen) atoms. The van der Waals surface area contributed by atoms with Crippen molar-refractivity contribution in [2.45, 2.75) is 31.7 Å². The van der Waals surface area contributed by atoms with Crippen LogP contribution in [0.5, 0.6) is 0 Å². The molecule has 1 saturated heterocycles. The minimum absolute atomic E-state index is 0.289. The van der Waals surface area contributed by atoms with Crippen LogP contribution in [0.25, 0.3) is 0 Å². The van der Waals surface area contributed by atoms with Gasteiger partial charge in [0.1, 0.15) is 5.78 Å². The van der Waals surface area contributed by atoms with Gasteiger partial charge in [0.05, 0.1) is 11.5 Å². The number of sulfone groups is 1. The molecule has 0 amide bonds. The molecule has 0 radical (unpaired) electrons. The van der Waals surface area contributed by atoms with Crippen molar-refractivity contribution in [3.05, 3.63) is 0 Å². The van der Waals surface area contributed by atoms with E-state index < -0.39 is 9.84 Å². The summed E-state index contributed by atoms with van der Waals surface area (Å²) in [6.07, 6.45) is 3.18. The van der Waals surface area contributed by atoms with E-state index in [1.807, 2.05) is 0 Å². The van der Waals surface area contributed by atoms with E-state index in [9.17, 15) is 13.2 Å². The van der Waals surface area contributed by atoms with Crippen molar-refractivity contribution >= 4 is 15.6 Å². The van der Waals surface area contributed by atoms with Gasteiger partial charge >= 0.3 is 0 Å². The van der Waals surface area contributed by atoms with E-state index in [-0.39, 0.29) is 11.5 Å². The smallest absolute Gasteiger partial charge is 0.152 e. The summed E-state index contributed by atoms with van der Waals surface area (Å²) >= 11 is 0. The van der Waals surface area contributed by atoms with Crippen molar-refractivity contribution in [1.29, 1.82) is 0 Å². The van der Waals surface area contributed by atoms with Gasteiger partial charge in [-0.25, -0.2) is 8.42 Å². The first-order valence-corrected chi connectivity index (χ1v) is 7.35. The lowest BCUT2D eigenvalue weighted by Gasteiger charge is -2.36. The van der Waals surface area contributed by atoms with Crippen LogP contribution < -0.4 is 0 Å². The second-order valence-corrected chi connectivity index (χ2v) is 6.76. The molecule has 0 aromatic heterocycles. The average molecular weight is 231 g/mol. The van der Waals surface area contributed by atoms with Gasteiger partial charge in [0.2, 0.25) is 0 Å². The van der Waals surface area contributed by atoms with Crippen LogP contribution in [0.15, 0.2) is 0 Å². The van der Waals surface area contributed by atoms with Gasteiger partial charge < -0.3 is 0 Å². The highest BCUT2D eigenvalue weighted by molar-refractivity contribution is 7.91. The Labute approximate surface area is 90.6 Å². The lowest BCUT2D eigenvalue weighted by atomic mass is 9.93. The summed E-state index contributed by atoms with van der Waals surface area (Å²) in [5.41, 5.74) is 0. The Hall–Kier alpha value is -0.420. The SMILES string of the molecule is O=C1CCC(N2CCS(=O)(=O)CC2)CC1. The van der Waals surface area contributed by atoms with Gasteiger partial charge in [-0.3, -0.25) is 9.69 Å². The van der Waals surface area contributed by atoms with Gasteiger partial charge in [-0.2, -0.15) is 0 Å². The van der Waals surface area contributed by atoms with E-state index in [4.69, 9.17) is 0 Å². The van der Waals surface area contributed by atoms with Gasteiger partial charge in [0.25, 0.3) is 0 Å². The van der Waals surface area contributed by atoms with Crippen molar-refractivity contribution in [2.24, 2.45) is 0 Å². The van der Waals surface area contributed by atoms with Crippen LogP contribution in [0.3, 0.4) is 0 Å². The van der Waals surface area contributed by atoms with Gasteiger partial charge in [-0.15, -0.1) is 0 Å². The number of Topliss-reactive ketones (excluding diaryl/α,β-unsaturated/α-hetero) is 1. The number of carbonyl (C=O) groups excluding carboxylic acids is 1. The highest BCUT2D eigenvalue weighted by atomic mass is 32.2. The second kappa shape index (κ2) is 4.22. The number of hydrogen-bond acceptors (Lipinski definition) is 4. The van der Waals surface area contributed by atoms with Crippen molar-refractivity contribution in [2.75, 3.05) is 24.6 Å². The van der Waals surface area contributed by atoms with E-state index in [1.54, 1.807) is 0 Å². The molecule has 1 saturated carbocycles. The summed E-state index contributed by atoms with van der Waals surface area (Å²) in [5, 5.41) is 0. The van der Waals surface area contributed by atoms with E-state index in [1.165, 1.54) is 0 Å². The Kier molecular flexibility index (Phi) is 3.11. The monoisotopic (exact) mass is 231 g/mol. The van der Waals surface area contributed by atoms with Gasteiger partial charge in [-0.1, -0.05) is 0 Å². The van der Waals surface area contributed by atoms with E-state index in [0.29, 0.717) is 37.8 Å². The molecule has 0 unspecified atom stereocenters. The maximum absolute atomic E-state index is 11.3. The number of carbonyl (C=O) groups is 1. The first-order valence-electron chi connectivity index (χ1n) is 5.53. The molecule has 0 spiro atoms. The van der Waals surface area contributed by atoms with Crippen LogP contribution in [0.1, 0.15) is 25.7 Å². The lowest BCUT2D eigenvalue weighted by Crippen LogP contribution is -2.47. The quantitative estimate of drug-likeness (QED) is 0.648. The Morgan fingerprint density at radius 1 is 1.07 bits per heavy atom. The first-order chi connectivity index (χ1) is 7.07. The molecule has 5 heteroatoms. The Morgan fingerprint density at radius 2 is 1.60 bits per heavy atom. The zero-order valence-corrected chi connectivity index (χ0v) is 9.63. The van der Waals surface area contributed by atoms with E-state index >= 15 is 0 Å². The molecule has 86 valence electrons. The van der Waals surface area contributed by atoms with Crippen LogP contribution in [0.2, 0.25) is 0 Å². The fourth-order valence-electron chi connectivity index (χ4n) is 2.38. The second-order valence-electron chi connectivity index (χ2n) is 4.46. The first kappa shape index (κ1) is 11.1. The van der Waals surface area contributed by atoms with Crippen LogP contribution in [-0.2, 0) is 14.6 Å². The van der Waals surface area contributed by atoms with Crippen LogP contribution >= 0.6 is 0 Å². The van der Waals surface area contributed by atoms with Crippen LogP contribution in [0, 0.1) is 0 Å². The number of nitrogens with zero attached hydrogens (tertiary/aromatic N) is 1. The van der Waals surface area contributed by atoms with E-state index in [0.717, 1.165) is 12.8 Å². The minimum atomic E-state index is -2.77. The predicted octanol–water partition coefficient (Wildman–Crippen LogP) is 0.229. The summed E-state index contributed by atoms with van der Waals surface area (Å²) in [6.45, 7) is 1.31. The number of hydrogen-bond donors (Lipinski definition) is 0. The molecule has 1 heterocycles. The molecular formula is C10H17NO3S. The molecule has 2 rings (SSSR count). The Balaban J connectivity index is 1.88. The van der Waals surface area contributed by atoms with Crippen LogP contribution in [-0.4, -0.2) is 49.7 Å². The average Bonchev–Trinajstić information content (AvgIpc) is 2.20. The molecule has 0 bridgehead atoms. The minimum Gasteiger partial charge on any atom is -0.300 e. The van der Waals surface area contributed by atoms with Gasteiger partial charge in [0.15, 0.2) is 9.84 Å². The fraction of sp³-hybridized carbons (Fsp3) is 0.900. The zero-order valence-electron chi connectivity index (χ0n) is 8.81. The highest BCUT2D eigenvalue weighted by Crippen LogP contribution is 2.21. The van der Waals surface area contributed by atoms with Crippen LogP contribution in [0.4, 0.5) is 0 Å².